The van der Waals surface area contributed by atoms with E-state index in [-0.39, 0.29) is 23.6 Å². The maximum atomic E-state index is 12.4. The molecular weight excluding hydrogens is 329 g/mol. The second-order valence-corrected chi connectivity index (χ2v) is 4.71. The van der Waals surface area contributed by atoms with Crippen LogP contribution in [0, 0.1) is 0 Å². The lowest BCUT2D eigenvalue weighted by Gasteiger charge is -2.03. The highest BCUT2D eigenvalue weighted by atomic mass is 19.4. The average molecular weight is 338 g/mol. The molecule has 2 heterocycles. The summed E-state index contributed by atoms with van der Waals surface area (Å²) in [6.45, 7) is 0.0524. The van der Waals surface area contributed by atoms with Crippen LogP contribution in [0.5, 0.6) is 0 Å². The number of carbonyl (C=O) groups is 1. The predicted molar refractivity (Wildman–Crippen MR) is 72.6 cm³/mol. The smallest absolute Gasteiger partial charge is 0.471 e. The maximum Gasteiger partial charge on any atom is 0.471 e. The lowest BCUT2D eigenvalue weighted by atomic mass is 10.1. The summed E-state index contributed by atoms with van der Waals surface area (Å²) >= 11 is 0. The number of aromatic nitrogens is 2. The average Bonchev–Trinajstić information content (AvgIpc) is 3.23. The van der Waals surface area contributed by atoms with Crippen LogP contribution < -0.4 is 0 Å². The Kier molecular flexibility index (Phi) is 4.07. The second-order valence-electron chi connectivity index (χ2n) is 4.71. The third-order valence-corrected chi connectivity index (χ3v) is 3.00. The molecule has 0 bridgehead atoms. The van der Waals surface area contributed by atoms with Crippen molar-refractivity contribution < 1.29 is 31.6 Å². The molecule has 3 aromatic rings. The third kappa shape index (κ3) is 3.45. The van der Waals surface area contributed by atoms with Crippen LogP contribution in [0.4, 0.5) is 13.2 Å². The Balaban J connectivity index is 1.68. The highest BCUT2D eigenvalue weighted by Gasteiger charge is 2.38. The topological polar surface area (TPSA) is 78.4 Å². The zero-order chi connectivity index (χ0) is 17.2. The van der Waals surface area contributed by atoms with Crippen molar-refractivity contribution >= 4 is 5.97 Å². The molecule has 0 fully saturated rings. The molecular formula is C15H9F3N2O4. The van der Waals surface area contributed by atoms with Gasteiger partial charge in [0.25, 0.3) is 0 Å². The Morgan fingerprint density at radius 1 is 1.17 bits per heavy atom. The first-order valence-corrected chi connectivity index (χ1v) is 6.63. The van der Waals surface area contributed by atoms with E-state index >= 15 is 0 Å². The molecule has 9 heteroatoms. The standard InChI is InChI=1S/C15H9F3N2O4/c16-15(17,18)14-19-12(20-24-14)10-1-3-11(4-2-10)13(21)23-8-9-5-6-22-7-9/h1-7H,8H2. The summed E-state index contributed by atoms with van der Waals surface area (Å²) < 4.78 is 51.3. The van der Waals surface area contributed by atoms with E-state index in [0.717, 1.165) is 0 Å². The van der Waals surface area contributed by atoms with Crippen molar-refractivity contribution in [3.05, 3.63) is 59.9 Å². The molecule has 3 rings (SSSR count). The van der Waals surface area contributed by atoms with Crippen LogP contribution in [0.15, 0.2) is 51.8 Å². The SMILES string of the molecule is O=C(OCc1ccoc1)c1ccc(-c2noc(C(F)(F)F)n2)cc1. The minimum Gasteiger partial charge on any atom is -0.472 e. The molecule has 0 aliphatic rings. The molecule has 0 saturated heterocycles. The number of carbonyl (C=O) groups excluding carboxylic acids is 1. The number of halogens is 3. The van der Waals surface area contributed by atoms with E-state index in [1.165, 1.54) is 36.8 Å². The molecule has 6 nitrogen and oxygen atoms in total. The van der Waals surface area contributed by atoms with Crippen LogP contribution >= 0.6 is 0 Å². The molecule has 0 aliphatic heterocycles. The molecule has 0 aliphatic carbocycles. The summed E-state index contributed by atoms with van der Waals surface area (Å²) in [6, 6.07) is 7.26. The Hall–Kier alpha value is -3.10. The number of benzene rings is 1. The molecule has 0 N–H and O–H groups in total. The fourth-order valence-electron chi connectivity index (χ4n) is 1.82. The van der Waals surface area contributed by atoms with Gasteiger partial charge >= 0.3 is 18.0 Å². The van der Waals surface area contributed by atoms with Crippen molar-refractivity contribution in [3.63, 3.8) is 0 Å². The van der Waals surface area contributed by atoms with E-state index < -0.39 is 18.0 Å². The summed E-state index contributed by atoms with van der Waals surface area (Å²) in [5, 5.41) is 3.26. The van der Waals surface area contributed by atoms with Crippen molar-refractivity contribution in [2.24, 2.45) is 0 Å². The summed E-state index contributed by atoms with van der Waals surface area (Å²) in [5.74, 6) is -2.23. The highest BCUT2D eigenvalue weighted by Crippen LogP contribution is 2.29. The molecule has 124 valence electrons. The Morgan fingerprint density at radius 2 is 1.92 bits per heavy atom. The van der Waals surface area contributed by atoms with E-state index in [4.69, 9.17) is 9.15 Å². The monoisotopic (exact) mass is 338 g/mol. The number of ether oxygens (including phenoxy) is 1. The van der Waals surface area contributed by atoms with Crippen molar-refractivity contribution in [2.45, 2.75) is 12.8 Å². The Morgan fingerprint density at radius 3 is 2.50 bits per heavy atom. The van der Waals surface area contributed by atoms with Gasteiger partial charge in [0.1, 0.15) is 6.61 Å². The van der Waals surface area contributed by atoms with Crippen LogP contribution in [0.2, 0.25) is 0 Å². The van der Waals surface area contributed by atoms with Gasteiger partial charge in [-0.15, -0.1) is 0 Å². The van der Waals surface area contributed by atoms with Gasteiger partial charge in [-0.05, 0) is 18.2 Å². The zero-order valence-electron chi connectivity index (χ0n) is 11.9. The first kappa shape index (κ1) is 15.8. The van der Waals surface area contributed by atoms with Crippen molar-refractivity contribution in [3.8, 4) is 11.4 Å². The maximum absolute atomic E-state index is 12.4. The molecule has 0 spiro atoms. The Labute approximate surface area is 132 Å². The summed E-state index contributed by atoms with van der Waals surface area (Å²) in [5.41, 5.74) is 1.22. The van der Waals surface area contributed by atoms with Crippen molar-refractivity contribution in [1.82, 2.24) is 10.1 Å². The molecule has 0 amide bonds. The van der Waals surface area contributed by atoms with Gasteiger partial charge in [0, 0.05) is 11.1 Å². The van der Waals surface area contributed by atoms with Gasteiger partial charge in [-0.2, -0.15) is 18.2 Å². The van der Waals surface area contributed by atoms with Gasteiger partial charge < -0.3 is 13.7 Å². The largest absolute Gasteiger partial charge is 0.472 e. The lowest BCUT2D eigenvalue weighted by Crippen LogP contribution is -2.05. The van der Waals surface area contributed by atoms with Crippen molar-refractivity contribution in [1.29, 1.82) is 0 Å². The van der Waals surface area contributed by atoms with E-state index in [0.29, 0.717) is 5.56 Å². The van der Waals surface area contributed by atoms with Crippen LogP contribution in [0.25, 0.3) is 11.4 Å². The Bertz CT molecular complexity index is 823. The van der Waals surface area contributed by atoms with Gasteiger partial charge in [-0.1, -0.05) is 17.3 Å². The normalized spacial score (nSPS) is 11.5. The highest BCUT2D eigenvalue weighted by molar-refractivity contribution is 5.89. The van der Waals surface area contributed by atoms with Crippen LogP contribution in [0.1, 0.15) is 21.8 Å². The number of furan rings is 1. The first-order valence-electron chi connectivity index (χ1n) is 6.63. The number of esters is 1. The van der Waals surface area contributed by atoms with Gasteiger partial charge in [0.2, 0.25) is 5.82 Å². The molecule has 24 heavy (non-hydrogen) atoms. The molecule has 0 atom stereocenters. The van der Waals surface area contributed by atoms with Gasteiger partial charge in [0.15, 0.2) is 0 Å². The second kappa shape index (κ2) is 6.19. The first-order chi connectivity index (χ1) is 11.4. The van der Waals surface area contributed by atoms with E-state index in [2.05, 4.69) is 14.7 Å². The molecule has 0 unspecified atom stereocenters. The minimum absolute atomic E-state index is 0.0524. The molecule has 2 aromatic heterocycles. The number of alkyl halides is 3. The molecule has 0 radical (unpaired) electrons. The number of hydrogen-bond acceptors (Lipinski definition) is 6. The van der Waals surface area contributed by atoms with Gasteiger partial charge in [0.05, 0.1) is 18.1 Å². The zero-order valence-corrected chi connectivity index (χ0v) is 11.9. The van der Waals surface area contributed by atoms with E-state index in [1.54, 1.807) is 6.07 Å². The number of nitrogens with zero attached hydrogens (tertiary/aromatic N) is 2. The quantitative estimate of drug-likeness (QED) is 0.675. The third-order valence-electron chi connectivity index (χ3n) is 3.00. The lowest BCUT2D eigenvalue weighted by molar-refractivity contribution is -0.159. The van der Waals surface area contributed by atoms with Crippen LogP contribution in [0.3, 0.4) is 0 Å². The molecule has 0 saturated carbocycles. The molecule has 1 aromatic carbocycles. The van der Waals surface area contributed by atoms with Crippen LogP contribution in [-0.4, -0.2) is 16.1 Å². The van der Waals surface area contributed by atoms with E-state index in [1.807, 2.05) is 0 Å². The summed E-state index contributed by atoms with van der Waals surface area (Å²) in [7, 11) is 0. The fourth-order valence-corrected chi connectivity index (χ4v) is 1.82. The minimum atomic E-state index is -4.71. The summed E-state index contributed by atoms with van der Waals surface area (Å²) in [6.07, 6.45) is -1.80. The number of hydrogen-bond donors (Lipinski definition) is 0. The van der Waals surface area contributed by atoms with Gasteiger partial charge in [-0.25, -0.2) is 4.79 Å². The van der Waals surface area contributed by atoms with Crippen molar-refractivity contribution in [2.75, 3.05) is 0 Å². The van der Waals surface area contributed by atoms with Crippen LogP contribution in [-0.2, 0) is 17.5 Å². The predicted octanol–water partition coefficient (Wildman–Crippen LogP) is 3.71. The summed E-state index contributed by atoms with van der Waals surface area (Å²) in [4.78, 5) is 15.1. The number of rotatable bonds is 4. The van der Waals surface area contributed by atoms with E-state index in [9.17, 15) is 18.0 Å². The van der Waals surface area contributed by atoms with Gasteiger partial charge in [-0.3, -0.25) is 0 Å². The fraction of sp³-hybridized carbons (Fsp3) is 0.133.